The fraction of sp³-hybridized carbons (Fsp3) is 0.333. The van der Waals surface area contributed by atoms with Crippen LogP contribution in [-0.4, -0.2) is 45.4 Å². The van der Waals surface area contributed by atoms with Gasteiger partial charge in [-0.25, -0.2) is 19.4 Å². The van der Waals surface area contributed by atoms with E-state index in [0.717, 1.165) is 23.7 Å². The molecule has 0 N–H and O–H groups in total. The zero-order valence-electron chi connectivity index (χ0n) is 17.7. The largest absolute Gasteiger partial charge is 0.475 e. The molecule has 3 aliphatic rings. The quantitative estimate of drug-likeness (QED) is 0.325. The van der Waals surface area contributed by atoms with Gasteiger partial charge in [0, 0.05) is 36.5 Å². The summed E-state index contributed by atoms with van der Waals surface area (Å²) in [5, 5.41) is 0. The third kappa shape index (κ3) is 4.65. The Labute approximate surface area is 195 Å². The number of carbonyl (C=O) groups excluding carboxylic acids is 1. The van der Waals surface area contributed by atoms with E-state index < -0.39 is 5.82 Å². The summed E-state index contributed by atoms with van der Waals surface area (Å²) in [5.74, 6) is 0.324. The Morgan fingerprint density at radius 3 is 2.81 bits per heavy atom. The molecule has 2 aliphatic heterocycles. The summed E-state index contributed by atoms with van der Waals surface area (Å²) in [6, 6.07) is 6.07. The predicted octanol–water partition coefficient (Wildman–Crippen LogP) is 5.13. The third-order valence-electron chi connectivity index (χ3n) is 5.90. The first-order valence-corrected chi connectivity index (χ1v) is 11.3. The van der Waals surface area contributed by atoms with Gasteiger partial charge in [0.1, 0.15) is 11.9 Å². The average Bonchev–Trinajstić information content (AvgIpc) is 2.82. The van der Waals surface area contributed by atoms with Crippen molar-refractivity contribution in [2.24, 2.45) is 10.9 Å². The molecule has 2 aromatic rings. The molecule has 5 rings (SSSR count). The van der Waals surface area contributed by atoms with E-state index >= 15 is 0 Å². The molecule has 2 saturated heterocycles. The molecule has 1 aromatic heterocycles. The molecular formula is C24H24BrFN4O2. The van der Waals surface area contributed by atoms with Crippen LogP contribution in [0.25, 0.3) is 11.4 Å². The minimum atomic E-state index is -0.514. The maximum absolute atomic E-state index is 14.8. The number of benzene rings is 1. The first-order chi connectivity index (χ1) is 15.5. The highest BCUT2D eigenvalue weighted by Gasteiger charge is 2.45. The third-order valence-corrected chi connectivity index (χ3v) is 6.43. The van der Waals surface area contributed by atoms with E-state index in [4.69, 9.17) is 4.74 Å². The first-order valence-electron chi connectivity index (χ1n) is 10.5. The number of hydrogen-bond acceptors (Lipinski definition) is 5. The van der Waals surface area contributed by atoms with Crippen LogP contribution in [0.5, 0.6) is 0 Å². The molecule has 8 heteroatoms. The second kappa shape index (κ2) is 9.73. The molecule has 3 fully saturated rings. The van der Waals surface area contributed by atoms with Gasteiger partial charge in [-0.1, -0.05) is 18.7 Å². The summed E-state index contributed by atoms with van der Waals surface area (Å²) in [6.45, 7) is 6.10. The van der Waals surface area contributed by atoms with E-state index in [1.165, 1.54) is 18.5 Å². The van der Waals surface area contributed by atoms with Gasteiger partial charge in [-0.2, -0.15) is 0 Å². The molecule has 3 heterocycles. The zero-order chi connectivity index (χ0) is 22.7. The van der Waals surface area contributed by atoms with Crippen LogP contribution < -0.4 is 0 Å². The van der Waals surface area contributed by atoms with Gasteiger partial charge in [-0.05, 0) is 59.3 Å². The second-order valence-corrected chi connectivity index (χ2v) is 8.88. The smallest absolute Gasteiger partial charge is 0.255 e. The van der Waals surface area contributed by atoms with Crippen LogP contribution in [0.1, 0.15) is 36.5 Å². The lowest BCUT2D eigenvalue weighted by molar-refractivity contribution is -0.0351. The Balaban J connectivity index is 1.60. The van der Waals surface area contributed by atoms with Gasteiger partial charge >= 0.3 is 0 Å². The summed E-state index contributed by atoms with van der Waals surface area (Å²) in [7, 11) is 0. The van der Waals surface area contributed by atoms with Gasteiger partial charge in [0.25, 0.3) is 5.91 Å². The molecule has 166 valence electrons. The van der Waals surface area contributed by atoms with E-state index in [9.17, 15) is 9.18 Å². The van der Waals surface area contributed by atoms with Gasteiger partial charge in [0.2, 0.25) is 0 Å². The van der Waals surface area contributed by atoms with Crippen LogP contribution in [0.3, 0.4) is 0 Å². The number of fused-ring (bicyclic) bond motifs is 3. The van der Waals surface area contributed by atoms with E-state index in [0.29, 0.717) is 18.4 Å². The molecule has 0 radical (unpaired) electrons. The number of allylic oxidation sites excluding steroid dienone is 2. The highest BCUT2D eigenvalue weighted by Crippen LogP contribution is 2.38. The fourth-order valence-corrected chi connectivity index (χ4v) is 4.56. The van der Waals surface area contributed by atoms with Gasteiger partial charge < -0.3 is 9.64 Å². The van der Waals surface area contributed by atoms with Crippen molar-refractivity contribution in [2.75, 3.05) is 6.54 Å². The van der Waals surface area contributed by atoms with Crippen LogP contribution in [0.2, 0.25) is 0 Å². The molecule has 0 spiro atoms. The molecule has 1 amide bonds. The van der Waals surface area contributed by atoms with Crippen LogP contribution in [0.15, 0.2) is 65.0 Å². The topological polar surface area (TPSA) is 67.7 Å². The van der Waals surface area contributed by atoms with Crippen molar-refractivity contribution < 1.29 is 13.9 Å². The number of rotatable bonds is 5. The van der Waals surface area contributed by atoms with Crippen molar-refractivity contribution in [2.45, 2.75) is 38.3 Å². The van der Waals surface area contributed by atoms with E-state index in [-0.39, 0.29) is 35.0 Å². The monoisotopic (exact) mass is 498 g/mol. The van der Waals surface area contributed by atoms with Crippen molar-refractivity contribution in [3.8, 4) is 11.4 Å². The van der Waals surface area contributed by atoms with Crippen molar-refractivity contribution in [1.29, 1.82) is 0 Å². The Hall–Kier alpha value is -2.87. The number of piperidine rings is 2. The van der Waals surface area contributed by atoms with Crippen molar-refractivity contribution in [1.82, 2.24) is 14.9 Å². The van der Waals surface area contributed by atoms with Crippen LogP contribution in [0.4, 0.5) is 4.39 Å². The van der Waals surface area contributed by atoms with Gasteiger partial charge in [-0.15, -0.1) is 0 Å². The molecule has 2 bridgehead atoms. The SMILES string of the molecule is C=C/C(Br)=C\N=C(/C)OC1CC2CCC1N(C(=O)c1cccc(F)c1-c1ncccn1)C2. The zero-order valence-corrected chi connectivity index (χ0v) is 19.3. The number of carbonyl (C=O) groups is 1. The fourth-order valence-electron chi connectivity index (χ4n) is 4.46. The molecular weight excluding hydrogens is 475 g/mol. The van der Waals surface area contributed by atoms with Crippen LogP contribution in [0, 0.1) is 11.7 Å². The molecule has 1 aromatic carbocycles. The standard InChI is InChI=1S/C24H24BrFN4O2/c1-3-17(25)13-29-15(2)32-21-12-16-8-9-20(21)30(14-16)24(31)18-6-4-7-19(26)22(18)23-27-10-5-11-28-23/h3-7,10-11,13,16,20-21H,1,8-9,12,14H2,2H3/b17-13+,29-15+. The number of ether oxygens (including phenoxy) is 1. The summed E-state index contributed by atoms with van der Waals surface area (Å²) in [6.07, 6.45) is 8.95. The van der Waals surface area contributed by atoms with Gasteiger partial charge in [0.15, 0.2) is 11.7 Å². The van der Waals surface area contributed by atoms with E-state index in [1.807, 2.05) is 4.90 Å². The van der Waals surface area contributed by atoms with Crippen molar-refractivity contribution in [3.63, 3.8) is 0 Å². The maximum Gasteiger partial charge on any atom is 0.255 e. The van der Waals surface area contributed by atoms with Crippen LogP contribution >= 0.6 is 15.9 Å². The summed E-state index contributed by atoms with van der Waals surface area (Å²) in [5.41, 5.74) is 0.403. The minimum absolute atomic E-state index is 0.0997. The van der Waals surface area contributed by atoms with Crippen molar-refractivity contribution in [3.05, 3.63) is 71.4 Å². The summed E-state index contributed by atoms with van der Waals surface area (Å²) in [4.78, 5) is 28.1. The lowest BCUT2D eigenvalue weighted by Crippen LogP contribution is -2.58. The highest BCUT2D eigenvalue weighted by atomic mass is 79.9. The Morgan fingerprint density at radius 1 is 1.31 bits per heavy atom. The summed E-state index contributed by atoms with van der Waals surface area (Å²) < 4.78 is 21.7. The molecule has 1 saturated carbocycles. The average molecular weight is 499 g/mol. The minimum Gasteiger partial charge on any atom is -0.475 e. The molecule has 3 unspecified atom stereocenters. The van der Waals surface area contributed by atoms with E-state index in [1.54, 1.807) is 37.4 Å². The number of aromatic nitrogens is 2. The Bertz CT molecular complexity index is 1070. The predicted molar refractivity (Wildman–Crippen MR) is 125 cm³/mol. The molecule has 1 aliphatic carbocycles. The molecule has 3 atom stereocenters. The Morgan fingerprint density at radius 2 is 2.09 bits per heavy atom. The molecule has 6 nitrogen and oxygen atoms in total. The van der Waals surface area contributed by atoms with Crippen LogP contribution in [-0.2, 0) is 4.74 Å². The second-order valence-electron chi connectivity index (χ2n) is 7.96. The maximum atomic E-state index is 14.8. The normalized spacial score (nSPS) is 23.2. The van der Waals surface area contributed by atoms with Gasteiger partial charge in [0.05, 0.1) is 17.2 Å². The van der Waals surface area contributed by atoms with Crippen molar-refractivity contribution >= 4 is 27.7 Å². The number of halogens is 2. The lowest BCUT2D eigenvalue weighted by atomic mass is 9.77. The lowest BCUT2D eigenvalue weighted by Gasteiger charge is -2.49. The number of amides is 1. The number of nitrogens with zero attached hydrogens (tertiary/aromatic N) is 4. The van der Waals surface area contributed by atoms with Gasteiger partial charge in [-0.3, -0.25) is 4.79 Å². The van der Waals surface area contributed by atoms with E-state index in [2.05, 4.69) is 37.5 Å². The summed E-state index contributed by atoms with van der Waals surface area (Å²) >= 11 is 3.34. The number of aliphatic imine (C=N–C) groups is 1. The highest BCUT2D eigenvalue weighted by molar-refractivity contribution is 9.11. The Kier molecular flexibility index (Phi) is 6.79. The molecule has 32 heavy (non-hydrogen) atoms. The number of hydrogen-bond donors (Lipinski definition) is 0. The first kappa shape index (κ1) is 22.3.